The molecule has 0 radical (unpaired) electrons. The first kappa shape index (κ1) is 19.4. The topological polar surface area (TPSA) is 70.2 Å². The van der Waals surface area contributed by atoms with E-state index in [-0.39, 0.29) is 18.5 Å². The van der Waals surface area contributed by atoms with Crippen LogP contribution in [0.1, 0.15) is 10.4 Å². The summed E-state index contributed by atoms with van der Waals surface area (Å²) in [6.45, 7) is 0.580. The molecule has 2 aromatic carbocycles. The van der Waals surface area contributed by atoms with Gasteiger partial charge in [0.25, 0.3) is 5.91 Å². The van der Waals surface area contributed by atoms with Crippen LogP contribution in [0, 0.1) is 0 Å². The van der Waals surface area contributed by atoms with Crippen LogP contribution in [0.25, 0.3) is 0 Å². The van der Waals surface area contributed by atoms with Gasteiger partial charge in [-0.2, -0.15) is 0 Å². The maximum atomic E-state index is 12.0. The normalized spacial score (nSPS) is 10.2. The first-order valence-electron chi connectivity index (χ1n) is 7.42. The highest BCUT2D eigenvalue weighted by atomic mass is 35.5. The molecule has 0 unspecified atom stereocenters. The zero-order valence-electron chi connectivity index (χ0n) is 13.4. The fraction of sp³-hybridized carbons (Fsp3) is 0.176. The molecular weight excluding hydrogens is 381 g/mol. The Hall–Kier alpha value is -1.89. The average Bonchev–Trinajstić information content (AvgIpc) is 2.61. The maximum Gasteiger partial charge on any atom is 0.319 e. The van der Waals surface area contributed by atoms with Crippen LogP contribution in [0.5, 0.6) is 0 Å². The fourth-order valence-electron chi connectivity index (χ4n) is 2.01. The number of anilines is 1. The van der Waals surface area contributed by atoms with E-state index in [1.807, 2.05) is 30.5 Å². The minimum Gasteiger partial charge on any atom is -0.350 e. The van der Waals surface area contributed by atoms with Crippen molar-refractivity contribution in [3.63, 3.8) is 0 Å². The number of nitrogens with one attached hydrogen (secondary N) is 3. The molecule has 8 heteroatoms. The van der Waals surface area contributed by atoms with Crippen molar-refractivity contribution in [2.24, 2.45) is 0 Å². The summed E-state index contributed by atoms with van der Waals surface area (Å²) in [6, 6.07) is 11.8. The van der Waals surface area contributed by atoms with E-state index in [1.54, 1.807) is 23.9 Å². The fourth-order valence-corrected chi connectivity index (χ4v) is 2.86. The van der Waals surface area contributed by atoms with Crippen LogP contribution >= 0.6 is 35.0 Å². The van der Waals surface area contributed by atoms with Gasteiger partial charge in [-0.15, -0.1) is 11.8 Å². The second kappa shape index (κ2) is 9.56. The molecule has 5 nitrogen and oxygen atoms in total. The second-order valence-electron chi connectivity index (χ2n) is 4.97. The number of rotatable bonds is 6. The molecule has 0 aromatic heterocycles. The van der Waals surface area contributed by atoms with Gasteiger partial charge in [-0.05, 0) is 36.6 Å². The number of halogens is 2. The molecule has 0 atom stereocenters. The summed E-state index contributed by atoms with van der Waals surface area (Å²) in [7, 11) is 0. The van der Waals surface area contributed by atoms with Crippen LogP contribution in [0.2, 0.25) is 10.0 Å². The van der Waals surface area contributed by atoms with Crippen molar-refractivity contribution in [2.45, 2.75) is 4.90 Å². The minimum absolute atomic E-state index is 0.284. The molecule has 3 amide bonds. The Kier molecular flexibility index (Phi) is 7.43. The van der Waals surface area contributed by atoms with Crippen molar-refractivity contribution in [1.29, 1.82) is 0 Å². The molecule has 132 valence electrons. The molecule has 0 saturated carbocycles. The molecule has 0 bridgehead atoms. The zero-order chi connectivity index (χ0) is 18.2. The van der Waals surface area contributed by atoms with E-state index < -0.39 is 0 Å². The lowest BCUT2D eigenvalue weighted by molar-refractivity contribution is 0.0954. The summed E-state index contributed by atoms with van der Waals surface area (Å²) in [4.78, 5) is 24.9. The highest BCUT2D eigenvalue weighted by Crippen LogP contribution is 2.24. The lowest BCUT2D eigenvalue weighted by atomic mass is 10.2. The Morgan fingerprint density at radius 1 is 1.00 bits per heavy atom. The standard InChI is InChI=1S/C17H17Cl2N3O2S/c1-25-15-5-3-2-4-14(15)22-17(24)21-9-8-20-16(23)11-6-7-12(18)13(19)10-11/h2-7,10H,8-9H2,1H3,(H,20,23)(H2,21,22,24). The molecule has 2 rings (SSSR count). The zero-order valence-corrected chi connectivity index (χ0v) is 15.8. The number of benzene rings is 2. The quantitative estimate of drug-likeness (QED) is 0.503. The highest BCUT2D eigenvalue weighted by molar-refractivity contribution is 7.98. The average molecular weight is 398 g/mol. The van der Waals surface area contributed by atoms with Gasteiger partial charge < -0.3 is 16.0 Å². The van der Waals surface area contributed by atoms with E-state index >= 15 is 0 Å². The third-order valence-corrected chi connectivity index (χ3v) is 4.77. The van der Waals surface area contributed by atoms with Crippen LogP contribution in [0.15, 0.2) is 47.4 Å². The largest absolute Gasteiger partial charge is 0.350 e. The Morgan fingerprint density at radius 2 is 1.72 bits per heavy atom. The van der Waals surface area contributed by atoms with E-state index in [9.17, 15) is 9.59 Å². The van der Waals surface area contributed by atoms with Gasteiger partial charge in [0.05, 0.1) is 15.7 Å². The Balaban J connectivity index is 1.76. The predicted octanol–water partition coefficient (Wildman–Crippen LogP) is 4.27. The second-order valence-corrected chi connectivity index (χ2v) is 6.63. The summed E-state index contributed by atoms with van der Waals surface area (Å²) in [5, 5.41) is 8.88. The highest BCUT2D eigenvalue weighted by Gasteiger charge is 2.08. The molecule has 3 N–H and O–H groups in total. The van der Waals surface area contributed by atoms with Crippen LogP contribution < -0.4 is 16.0 Å². The van der Waals surface area contributed by atoms with E-state index in [0.29, 0.717) is 22.2 Å². The van der Waals surface area contributed by atoms with Gasteiger partial charge in [0.2, 0.25) is 0 Å². The van der Waals surface area contributed by atoms with Crippen molar-refractivity contribution < 1.29 is 9.59 Å². The number of urea groups is 1. The molecule has 0 saturated heterocycles. The van der Waals surface area contributed by atoms with E-state index in [2.05, 4.69) is 16.0 Å². The van der Waals surface area contributed by atoms with Gasteiger partial charge in [0, 0.05) is 23.5 Å². The van der Waals surface area contributed by atoms with Crippen molar-refractivity contribution >= 4 is 52.6 Å². The van der Waals surface area contributed by atoms with Crippen LogP contribution in [-0.2, 0) is 0 Å². The smallest absolute Gasteiger partial charge is 0.319 e. The molecule has 0 fully saturated rings. The van der Waals surface area contributed by atoms with Gasteiger partial charge >= 0.3 is 6.03 Å². The number of thioether (sulfide) groups is 1. The van der Waals surface area contributed by atoms with Gasteiger partial charge in [-0.3, -0.25) is 4.79 Å². The number of amides is 3. The maximum absolute atomic E-state index is 12.0. The van der Waals surface area contributed by atoms with Crippen molar-refractivity contribution in [2.75, 3.05) is 24.7 Å². The van der Waals surface area contributed by atoms with Gasteiger partial charge in [0.15, 0.2) is 0 Å². The first-order valence-corrected chi connectivity index (χ1v) is 9.40. The SMILES string of the molecule is CSc1ccccc1NC(=O)NCCNC(=O)c1ccc(Cl)c(Cl)c1. The molecule has 0 aliphatic heterocycles. The van der Waals surface area contributed by atoms with Crippen molar-refractivity contribution in [3.8, 4) is 0 Å². The Bertz CT molecular complexity index is 771. The number of hydrogen-bond acceptors (Lipinski definition) is 3. The number of carbonyl (C=O) groups excluding carboxylic acids is 2. The van der Waals surface area contributed by atoms with Gasteiger partial charge in [-0.25, -0.2) is 4.79 Å². The number of carbonyl (C=O) groups is 2. The van der Waals surface area contributed by atoms with Crippen molar-refractivity contribution in [3.05, 3.63) is 58.1 Å². The molecule has 0 heterocycles. The summed E-state index contributed by atoms with van der Waals surface area (Å²) < 4.78 is 0. The van der Waals surface area contributed by atoms with Crippen LogP contribution in [0.4, 0.5) is 10.5 Å². The molecule has 25 heavy (non-hydrogen) atoms. The monoisotopic (exact) mass is 397 g/mol. The van der Waals surface area contributed by atoms with Gasteiger partial charge in [0.1, 0.15) is 0 Å². The lowest BCUT2D eigenvalue weighted by Crippen LogP contribution is -2.36. The summed E-state index contributed by atoms with van der Waals surface area (Å²) in [5.74, 6) is -0.284. The van der Waals surface area contributed by atoms with Crippen molar-refractivity contribution in [1.82, 2.24) is 10.6 Å². The molecule has 2 aromatic rings. The van der Waals surface area contributed by atoms with E-state index in [4.69, 9.17) is 23.2 Å². The third-order valence-electron chi connectivity index (χ3n) is 3.23. The van der Waals surface area contributed by atoms with Crippen LogP contribution in [-0.4, -0.2) is 31.3 Å². The Morgan fingerprint density at radius 3 is 2.44 bits per heavy atom. The van der Waals surface area contributed by atoms with E-state index in [0.717, 1.165) is 10.6 Å². The summed E-state index contributed by atoms with van der Waals surface area (Å²) in [5.41, 5.74) is 1.15. The molecular formula is C17H17Cl2N3O2S. The summed E-state index contributed by atoms with van der Waals surface area (Å²) in [6.07, 6.45) is 1.94. The predicted molar refractivity (Wildman–Crippen MR) is 104 cm³/mol. The lowest BCUT2D eigenvalue weighted by Gasteiger charge is -2.11. The van der Waals surface area contributed by atoms with Crippen LogP contribution in [0.3, 0.4) is 0 Å². The Labute approximate surface area is 160 Å². The number of hydrogen-bond donors (Lipinski definition) is 3. The van der Waals surface area contributed by atoms with Gasteiger partial charge in [-0.1, -0.05) is 35.3 Å². The third kappa shape index (κ3) is 5.85. The molecule has 0 aliphatic rings. The molecule has 0 aliphatic carbocycles. The number of para-hydroxylation sites is 1. The first-order chi connectivity index (χ1) is 12.0. The van der Waals surface area contributed by atoms with E-state index in [1.165, 1.54) is 6.07 Å². The minimum atomic E-state index is -0.328. The summed E-state index contributed by atoms with van der Waals surface area (Å²) >= 11 is 13.2. The molecule has 0 spiro atoms.